The van der Waals surface area contributed by atoms with E-state index in [0.717, 1.165) is 38.5 Å². The van der Waals surface area contributed by atoms with E-state index in [9.17, 15) is 14.4 Å². The molecule has 0 aromatic carbocycles. The molecule has 6 nitrogen and oxygen atoms in total. The standard InChI is InChI=1S/C34H58O6/c1-25(2)13-10-16-28(7)19-22-38-32(35)31(33(36)39-23-20-29(8)17-11-14-26(3)4)34(37)40-24-21-30(9)18-12-15-27(5)6/h13-15,28-31H,10-12,16-24H2,1-9H3. The van der Waals surface area contributed by atoms with Crippen molar-refractivity contribution in [1.82, 2.24) is 0 Å². The minimum absolute atomic E-state index is 0.147. The van der Waals surface area contributed by atoms with Gasteiger partial charge in [-0.25, -0.2) is 0 Å². The second-order valence-corrected chi connectivity index (χ2v) is 12.2. The summed E-state index contributed by atoms with van der Waals surface area (Å²) in [5.41, 5.74) is 3.84. The topological polar surface area (TPSA) is 78.9 Å². The van der Waals surface area contributed by atoms with Crippen molar-refractivity contribution in [1.29, 1.82) is 0 Å². The lowest BCUT2D eigenvalue weighted by atomic mass is 10.0. The lowest BCUT2D eigenvalue weighted by molar-refractivity contribution is -0.172. The molecular weight excluding hydrogens is 504 g/mol. The molecule has 0 N–H and O–H groups in total. The summed E-state index contributed by atoms with van der Waals surface area (Å²) in [6, 6.07) is 0. The summed E-state index contributed by atoms with van der Waals surface area (Å²) in [5, 5.41) is 0. The molecule has 0 heterocycles. The largest absolute Gasteiger partial charge is 0.465 e. The maximum atomic E-state index is 12.9. The van der Waals surface area contributed by atoms with Crippen LogP contribution in [0.15, 0.2) is 34.9 Å². The number of allylic oxidation sites excluding steroid dienone is 6. The third-order valence-corrected chi connectivity index (χ3v) is 6.91. The van der Waals surface area contributed by atoms with Crippen LogP contribution in [-0.2, 0) is 28.6 Å². The Labute approximate surface area is 245 Å². The molecule has 3 atom stereocenters. The number of carbonyl (C=O) groups is 3. The van der Waals surface area contributed by atoms with Crippen LogP contribution in [0.4, 0.5) is 0 Å². The number of hydrogen-bond acceptors (Lipinski definition) is 6. The van der Waals surface area contributed by atoms with Gasteiger partial charge in [0.1, 0.15) is 0 Å². The van der Waals surface area contributed by atoms with E-state index in [1.165, 1.54) is 16.7 Å². The van der Waals surface area contributed by atoms with Crippen molar-refractivity contribution in [3.63, 3.8) is 0 Å². The van der Waals surface area contributed by atoms with Gasteiger partial charge in [0, 0.05) is 0 Å². The first-order chi connectivity index (χ1) is 18.8. The Bertz CT molecular complexity index is 716. The van der Waals surface area contributed by atoms with E-state index in [2.05, 4.69) is 80.5 Å². The molecule has 0 aliphatic carbocycles. The normalized spacial score (nSPS) is 13.7. The minimum Gasteiger partial charge on any atom is -0.465 e. The Morgan fingerprint density at radius 3 is 0.950 bits per heavy atom. The summed E-state index contributed by atoms with van der Waals surface area (Å²) >= 11 is 0. The molecular formula is C34H58O6. The molecule has 6 heteroatoms. The Kier molecular flexibility index (Phi) is 21.0. The molecule has 3 unspecified atom stereocenters. The van der Waals surface area contributed by atoms with Crippen LogP contribution in [0.3, 0.4) is 0 Å². The van der Waals surface area contributed by atoms with Crippen molar-refractivity contribution in [2.45, 2.75) is 120 Å². The van der Waals surface area contributed by atoms with Gasteiger partial charge in [-0.15, -0.1) is 0 Å². The zero-order chi connectivity index (χ0) is 30.5. The van der Waals surface area contributed by atoms with Gasteiger partial charge < -0.3 is 14.2 Å². The van der Waals surface area contributed by atoms with Gasteiger partial charge in [0.2, 0.25) is 0 Å². The van der Waals surface area contributed by atoms with Crippen molar-refractivity contribution in [3.8, 4) is 0 Å². The molecule has 0 rings (SSSR count). The fraction of sp³-hybridized carbons (Fsp3) is 0.735. The quantitative estimate of drug-likeness (QED) is 0.0603. The molecule has 0 saturated heterocycles. The van der Waals surface area contributed by atoms with Crippen LogP contribution in [0.2, 0.25) is 0 Å². The van der Waals surface area contributed by atoms with Gasteiger partial charge >= 0.3 is 17.9 Å². The van der Waals surface area contributed by atoms with Crippen molar-refractivity contribution in [2.24, 2.45) is 23.7 Å². The molecule has 0 amide bonds. The van der Waals surface area contributed by atoms with Gasteiger partial charge in [0.25, 0.3) is 5.92 Å². The minimum atomic E-state index is -1.71. The number of hydrogen-bond donors (Lipinski definition) is 0. The fourth-order valence-electron chi connectivity index (χ4n) is 4.02. The average Bonchev–Trinajstić information content (AvgIpc) is 2.83. The summed E-state index contributed by atoms with van der Waals surface area (Å²) in [5.74, 6) is -3.33. The van der Waals surface area contributed by atoms with Gasteiger partial charge in [-0.1, -0.05) is 55.7 Å². The van der Waals surface area contributed by atoms with E-state index in [4.69, 9.17) is 14.2 Å². The fourth-order valence-corrected chi connectivity index (χ4v) is 4.02. The average molecular weight is 563 g/mol. The third kappa shape index (κ3) is 20.5. The van der Waals surface area contributed by atoms with Crippen molar-refractivity contribution in [3.05, 3.63) is 34.9 Å². The second-order valence-electron chi connectivity index (χ2n) is 12.2. The third-order valence-electron chi connectivity index (χ3n) is 6.91. The Morgan fingerprint density at radius 1 is 0.475 bits per heavy atom. The Hall–Kier alpha value is -2.37. The van der Waals surface area contributed by atoms with Crippen LogP contribution in [0, 0.1) is 23.7 Å². The summed E-state index contributed by atoms with van der Waals surface area (Å²) in [7, 11) is 0. The van der Waals surface area contributed by atoms with Gasteiger partial charge in [-0.05, 0) is 117 Å². The molecule has 0 bridgehead atoms. The van der Waals surface area contributed by atoms with E-state index in [-0.39, 0.29) is 19.8 Å². The molecule has 0 aliphatic rings. The summed E-state index contributed by atoms with van der Waals surface area (Å²) in [6.07, 6.45) is 14.4. The van der Waals surface area contributed by atoms with Crippen LogP contribution < -0.4 is 0 Å². The highest BCUT2D eigenvalue weighted by atomic mass is 16.6. The maximum absolute atomic E-state index is 12.9. The molecule has 0 saturated carbocycles. The Balaban J connectivity index is 4.97. The van der Waals surface area contributed by atoms with Gasteiger partial charge in [0.15, 0.2) is 0 Å². The SMILES string of the molecule is CC(C)=CCCC(C)CCOC(=O)C(C(=O)OCCC(C)CCC=C(C)C)C(=O)OCCC(C)CCC=C(C)C. The molecule has 0 aromatic heterocycles. The lowest BCUT2D eigenvalue weighted by Crippen LogP contribution is -2.37. The highest BCUT2D eigenvalue weighted by Gasteiger charge is 2.39. The molecule has 40 heavy (non-hydrogen) atoms. The van der Waals surface area contributed by atoms with Gasteiger partial charge in [0.05, 0.1) is 19.8 Å². The number of carbonyl (C=O) groups excluding carboxylic acids is 3. The monoisotopic (exact) mass is 562 g/mol. The van der Waals surface area contributed by atoms with Crippen molar-refractivity contribution < 1.29 is 28.6 Å². The van der Waals surface area contributed by atoms with Crippen LogP contribution in [-0.4, -0.2) is 37.7 Å². The lowest BCUT2D eigenvalue weighted by Gasteiger charge is -2.17. The molecule has 0 aliphatic heterocycles. The highest BCUT2D eigenvalue weighted by molar-refractivity contribution is 6.12. The van der Waals surface area contributed by atoms with Gasteiger partial charge in [-0.3, -0.25) is 14.4 Å². The molecule has 0 spiro atoms. The molecule has 0 fully saturated rings. The molecule has 0 radical (unpaired) electrons. The van der Waals surface area contributed by atoms with Crippen LogP contribution in [0.25, 0.3) is 0 Å². The van der Waals surface area contributed by atoms with E-state index in [0.29, 0.717) is 37.0 Å². The van der Waals surface area contributed by atoms with Gasteiger partial charge in [-0.2, -0.15) is 0 Å². The Morgan fingerprint density at radius 2 is 0.725 bits per heavy atom. The van der Waals surface area contributed by atoms with Crippen LogP contribution >= 0.6 is 0 Å². The van der Waals surface area contributed by atoms with E-state index in [1.54, 1.807) is 0 Å². The van der Waals surface area contributed by atoms with E-state index < -0.39 is 23.8 Å². The molecule has 230 valence electrons. The van der Waals surface area contributed by atoms with Crippen LogP contribution in [0.5, 0.6) is 0 Å². The first kappa shape index (κ1) is 37.6. The predicted molar refractivity (Wildman–Crippen MR) is 164 cm³/mol. The molecule has 0 aromatic rings. The first-order valence-electron chi connectivity index (χ1n) is 15.2. The maximum Gasteiger partial charge on any atom is 0.331 e. The van der Waals surface area contributed by atoms with Crippen molar-refractivity contribution in [2.75, 3.05) is 19.8 Å². The summed E-state index contributed by atoms with van der Waals surface area (Å²) in [6.45, 7) is 19.2. The smallest absolute Gasteiger partial charge is 0.331 e. The second kappa shape index (κ2) is 22.3. The summed E-state index contributed by atoms with van der Waals surface area (Å²) < 4.78 is 16.1. The zero-order valence-corrected chi connectivity index (χ0v) is 27.0. The number of rotatable bonds is 21. The predicted octanol–water partition coefficient (Wildman–Crippen LogP) is 8.55. The number of ether oxygens (including phenoxy) is 3. The highest BCUT2D eigenvalue weighted by Crippen LogP contribution is 2.17. The first-order valence-corrected chi connectivity index (χ1v) is 15.2. The van der Waals surface area contributed by atoms with Crippen LogP contribution in [0.1, 0.15) is 120 Å². The van der Waals surface area contributed by atoms with Crippen molar-refractivity contribution >= 4 is 17.9 Å². The number of esters is 3. The van der Waals surface area contributed by atoms with E-state index >= 15 is 0 Å². The summed E-state index contributed by atoms with van der Waals surface area (Å²) in [4.78, 5) is 38.6. The zero-order valence-electron chi connectivity index (χ0n) is 27.0. The van der Waals surface area contributed by atoms with E-state index in [1.807, 2.05) is 0 Å².